The van der Waals surface area contributed by atoms with Crippen LogP contribution in [0.1, 0.15) is 5.56 Å². The lowest BCUT2D eigenvalue weighted by Gasteiger charge is -1.91. The zero-order valence-electron chi connectivity index (χ0n) is 5.66. The molecule has 0 unspecified atom stereocenters. The Morgan fingerprint density at radius 2 is 2.30 bits per heavy atom. The molecule has 2 heterocycles. The first kappa shape index (κ1) is 5.86. The molecule has 0 fully saturated rings. The summed E-state index contributed by atoms with van der Waals surface area (Å²) in [7, 11) is 0. The topological polar surface area (TPSA) is 12.9 Å². The number of rotatable bonds is 0. The van der Waals surface area contributed by atoms with E-state index >= 15 is 0 Å². The number of thiophene rings is 1. The smallest absolute Gasteiger partial charge is 0.0811 e. The molecule has 2 rings (SSSR count). The molecule has 0 spiro atoms. The first-order valence-electron chi connectivity index (χ1n) is 3.15. The zero-order valence-corrected chi connectivity index (χ0v) is 6.48. The number of pyridine rings is 1. The summed E-state index contributed by atoms with van der Waals surface area (Å²) in [5, 5.41) is 5.49. The van der Waals surface area contributed by atoms with Crippen molar-refractivity contribution in [1.29, 1.82) is 0 Å². The van der Waals surface area contributed by atoms with Crippen molar-refractivity contribution in [3.05, 3.63) is 28.6 Å². The summed E-state index contributed by atoms with van der Waals surface area (Å²) in [6.07, 6.45) is 1.85. The average Bonchev–Trinajstić information content (AvgIpc) is 2.36. The number of aryl methyl sites for hydroxylation is 1. The third kappa shape index (κ3) is 0.727. The molecule has 0 aliphatic carbocycles. The number of aromatic nitrogens is 1. The van der Waals surface area contributed by atoms with Crippen LogP contribution in [0.25, 0.3) is 10.9 Å². The lowest BCUT2D eigenvalue weighted by Crippen LogP contribution is -1.74. The van der Waals surface area contributed by atoms with E-state index in [9.17, 15) is 0 Å². The Labute approximate surface area is 63.3 Å². The number of nitrogens with zero attached hydrogens (tertiary/aromatic N) is 1. The highest BCUT2D eigenvalue weighted by atomic mass is 32.1. The molecule has 0 bridgehead atoms. The van der Waals surface area contributed by atoms with Crippen molar-refractivity contribution in [2.45, 2.75) is 6.92 Å². The first-order chi connectivity index (χ1) is 4.88. The molecule has 2 aromatic rings. The number of hydrogen-bond donors (Lipinski definition) is 0. The largest absolute Gasteiger partial charge is 0.255 e. The molecule has 0 saturated carbocycles. The summed E-state index contributed by atoms with van der Waals surface area (Å²) >= 11 is 1.70. The van der Waals surface area contributed by atoms with Crippen molar-refractivity contribution < 1.29 is 0 Å². The molecule has 2 heteroatoms. The quantitative estimate of drug-likeness (QED) is 0.561. The second-order valence-corrected chi connectivity index (χ2v) is 3.04. The SMILES string of the molecule is Cc1ccnc2cscc12. The second-order valence-electron chi connectivity index (χ2n) is 2.30. The highest BCUT2D eigenvalue weighted by Gasteiger charge is 1.95. The van der Waals surface area contributed by atoms with Crippen LogP contribution in [-0.4, -0.2) is 4.98 Å². The molecular formula is C8H7NS. The maximum absolute atomic E-state index is 4.21. The summed E-state index contributed by atoms with van der Waals surface area (Å²) in [4.78, 5) is 4.21. The normalized spacial score (nSPS) is 10.5. The van der Waals surface area contributed by atoms with Crippen molar-refractivity contribution in [3.63, 3.8) is 0 Å². The maximum Gasteiger partial charge on any atom is 0.0811 e. The van der Waals surface area contributed by atoms with E-state index in [1.807, 2.05) is 12.3 Å². The molecule has 0 aliphatic heterocycles. The summed E-state index contributed by atoms with van der Waals surface area (Å²) in [5.41, 5.74) is 2.43. The Kier molecular flexibility index (Phi) is 1.21. The van der Waals surface area contributed by atoms with E-state index in [1.54, 1.807) is 11.3 Å². The summed E-state index contributed by atoms with van der Waals surface area (Å²) in [6, 6.07) is 2.04. The molecule has 0 aromatic carbocycles. The minimum atomic E-state index is 1.12. The van der Waals surface area contributed by atoms with Crippen LogP contribution < -0.4 is 0 Å². The summed E-state index contributed by atoms with van der Waals surface area (Å²) in [5.74, 6) is 0. The fourth-order valence-electron chi connectivity index (χ4n) is 1.00. The molecule has 0 radical (unpaired) electrons. The van der Waals surface area contributed by atoms with Gasteiger partial charge in [0.25, 0.3) is 0 Å². The third-order valence-corrected chi connectivity index (χ3v) is 2.34. The van der Waals surface area contributed by atoms with Crippen LogP contribution in [0.2, 0.25) is 0 Å². The molecule has 0 N–H and O–H groups in total. The lowest BCUT2D eigenvalue weighted by molar-refractivity contribution is 1.38. The van der Waals surface area contributed by atoms with Crippen LogP contribution in [-0.2, 0) is 0 Å². The first-order valence-corrected chi connectivity index (χ1v) is 4.10. The van der Waals surface area contributed by atoms with Gasteiger partial charge in [-0.3, -0.25) is 4.98 Å². The molecule has 0 aliphatic rings. The summed E-state index contributed by atoms with van der Waals surface area (Å²) in [6.45, 7) is 2.11. The van der Waals surface area contributed by atoms with E-state index in [0.717, 1.165) is 5.52 Å². The van der Waals surface area contributed by atoms with Gasteiger partial charge in [0.15, 0.2) is 0 Å². The number of fused-ring (bicyclic) bond motifs is 1. The molecular weight excluding hydrogens is 142 g/mol. The molecule has 0 amide bonds. The minimum Gasteiger partial charge on any atom is -0.255 e. The molecule has 0 saturated heterocycles. The highest BCUT2D eigenvalue weighted by molar-refractivity contribution is 7.09. The van der Waals surface area contributed by atoms with E-state index in [0.29, 0.717) is 0 Å². The number of hydrogen-bond acceptors (Lipinski definition) is 2. The van der Waals surface area contributed by atoms with Gasteiger partial charge in [-0.25, -0.2) is 0 Å². The van der Waals surface area contributed by atoms with Gasteiger partial charge in [-0.15, -0.1) is 11.3 Å². The van der Waals surface area contributed by atoms with Crippen LogP contribution in [0.5, 0.6) is 0 Å². The van der Waals surface area contributed by atoms with Crippen LogP contribution >= 0.6 is 11.3 Å². The van der Waals surface area contributed by atoms with Crippen molar-refractivity contribution in [2.24, 2.45) is 0 Å². The van der Waals surface area contributed by atoms with Crippen LogP contribution in [0.4, 0.5) is 0 Å². The van der Waals surface area contributed by atoms with Crippen molar-refractivity contribution >= 4 is 22.2 Å². The van der Waals surface area contributed by atoms with Gasteiger partial charge in [0, 0.05) is 22.3 Å². The van der Waals surface area contributed by atoms with Gasteiger partial charge in [-0.05, 0) is 18.6 Å². The van der Waals surface area contributed by atoms with Gasteiger partial charge in [0.05, 0.1) is 5.52 Å². The molecule has 2 aromatic heterocycles. The monoisotopic (exact) mass is 149 g/mol. The predicted molar refractivity (Wildman–Crippen MR) is 44.4 cm³/mol. The fraction of sp³-hybridized carbons (Fsp3) is 0.125. The van der Waals surface area contributed by atoms with E-state index in [2.05, 4.69) is 22.7 Å². The Morgan fingerprint density at radius 1 is 1.40 bits per heavy atom. The minimum absolute atomic E-state index is 1.12. The lowest BCUT2D eigenvalue weighted by atomic mass is 10.2. The van der Waals surface area contributed by atoms with Gasteiger partial charge in [0.2, 0.25) is 0 Å². The van der Waals surface area contributed by atoms with Crippen molar-refractivity contribution in [1.82, 2.24) is 4.98 Å². The van der Waals surface area contributed by atoms with Gasteiger partial charge in [-0.2, -0.15) is 0 Å². The van der Waals surface area contributed by atoms with E-state index in [4.69, 9.17) is 0 Å². The fourth-order valence-corrected chi connectivity index (χ4v) is 1.83. The standard InChI is InChI=1S/C8H7NS/c1-6-2-3-9-8-5-10-4-7(6)8/h2-5H,1H3. The van der Waals surface area contributed by atoms with Crippen LogP contribution in [0, 0.1) is 6.92 Å². The molecule has 1 nitrogen and oxygen atoms in total. The second kappa shape index (κ2) is 2.06. The van der Waals surface area contributed by atoms with Gasteiger partial charge >= 0.3 is 0 Å². The Hall–Kier alpha value is -0.890. The van der Waals surface area contributed by atoms with Crippen molar-refractivity contribution in [2.75, 3.05) is 0 Å². The average molecular weight is 149 g/mol. The maximum atomic E-state index is 4.21. The van der Waals surface area contributed by atoms with E-state index in [-0.39, 0.29) is 0 Å². The zero-order chi connectivity index (χ0) is 6.97. The van der Waals surface area contributed by atoms with Gasteiger partial charge in [-0.1, -0.05) is 0 Å². The van der Waals surface area contributed by atoms with Crippen LogP contribution in [0.3, 0.4) is 0 Å². The van der Waals surface area contributed by atoms with E-state index in [1.165, 1.54) is 10.9 Å². The van der Waals surface area contributed by atoms with Gasteiger partial charge in [0.1, 0.15) is 0 Å². The predicted octanol–water partition coefficient (Wildman–Crippen LogP) is 2.60. The molecule has 0 atom stereocenters. The Bertz CT molecular complexity index is 351. The third-order valence-electron chi connectivity index (χ3n) is 1.60. The van der Waals surface area contributed by atoms with Gasteiger partial charge < -0.3 is 0 Å². The summed E-state index contributed by atoms with van der Waals surface area (Å²) < 4.78 is 0. The van der Waals surface area contributed by atoms with Crippen LogP contribution in [0.15, 0.2) is 23.0 Å². The van der Waals surface area contributed by atoms with E-state index < -0.39 is 0 Å². The Morgan fingerprint density at radius 3 is 3.10 bits per heavy atom. The molecule has 50 valence electrons. The molecule has 10 heavy (non-hydrogen) atoms. The Balaban J connectivity index is 2.95. The highest BCUT2D eigenvalue weighted by Crippen LogP contribution is 2.19. The van der Waals surface area contributed by atoms with Crippen molar-refractivity contribution in [3.8, 4) is 0 Å².